The zero-order valence-electron chi connectivity index (χ0n) is 13.4. The molecule has 3 atom stereocenters. The molecule has 0 amide bonds. The number of nitrogens with zero attached hydrogens (tertiary/aromatic N) is 3. The van der Waals surface area contributed by atoms with Crippen LogP contribution in [-0.2, 0) is 0 Å². The van der Waals surface area contributed by atoms with Crippen molar-refractivity contribution in [2.24, 2.45) is 5.92 Å². The topological polar surface area (TPSA) is 38.3 Å². The monoisotopic (exact) mass is 365 g/mol. The van der Waals surface area contributed by atoms with Crippen LogP contribution in [0.1, 0.15) is 24.5 Å². The molecule has 7 heteroatoms. The van der Waals surface area contributed by atoms with Gasteiger partial charge in [-0.25, -0.2) is 4.39 Å². The van der Waals surface area contributed by atoms with Gasteiger partial charge in [0.25, 0.3) is 0 Å². The normalized spacial score (nSPS) is 25.8. The van der Waals surface area contributed by atoms with Crippen LogP contribution in [0.3, 0.4) is 0 Å². The number of hydrogen-bond acceptors (Lipinski definition) is 6. The molecule has 2 fully saturated rings. The molecule has 3 heterocycles. The lowest BCUT2D eigenvalue weighted by molar-refractivity contribution is 0.269. The minimum absolute atomic E-state index is 0.243. The average Bonchev–Trinajstić information content (AvgIpc) is 3.17. The Kier molecular flexibility index (Phi) is 5.01. The quantitative estimate of drug-likeness (QED) is 0.577. The van der Waals surface area contributed by atoms with Gasteiger partial charge in [-0.1, -0.05) is 11.8 Å². The van der Waals surface area contributed by atoms with Gasteiger partial charge >= 0.3 is 0 Å². The van der Waals surface area contributed by atoms with Crippen LogP contribution < -0.4 is 4.74 Å². The second kappa shape index (κ2) is 7.37. The van der Waals surface area contributed by atoms with Crippen LogP contribution in [0.25, 0.3) is 0 Å². The standard InChI is InChI=1S/C17H20FN3OS2/c18-13-3-5-14(6-4-13)22-8-9-23-17-16(19-24-20-17)15-11-21-7-1-2-12(15)10-21/h3-6,12,15H,1-2,7-11H2. The third-order valence-corrected chi connectivity index (χ3v) is 6.41. The molecule has 2 bridgehead atoms. The molecule has 2 aromatic rings. The fraction of sp³-hybridized carbons (Fsp3) is 0.529. The van der Waals surface area contributed by atoms with Gasteiger partial charge < -0.3 is 9.64 Å². The van der Waals surface area contributed by atoms with E-state index in [1.54, 1.807) is 23.9 Å². The number of piperidine rings is 1. The van der Waals surface area contributed by atoms with E-state index < -0.39 is 0 Å². The fourth-order valence-electron chi connectivity index (χ4n) is 3.67. The molecule has 0 radical (unpaired) electrons. The molecule has 0 aliphatic carbocycles. The van der Waals surface area contributed by atoms with E-state index in [9.17, 15) is 4.39 Å². The molecule has 1 aromatic carbocycles. The summed E-state index contributed by atoms with van der Waals surface area (Å²) in [6.07, 6.45) is 2.63. The number of ether oxygens (including phenoxy) is 1. The zero-order chi connectivity index (χ0) is 16.4. The number of halogens is 1. The van der Waals surface area contributed by atoms with E-state index in [1.807, 2.05) is 0 Å². The SMILES string of the molecule is Fc1ccc(OCCSc2nsnc2C2CN3CCCC2C3)cc1. The molecule has 0 spiro atoms. The van der Waals surface area contributed by atoms with E-state index in [0.717, 1.165) is 23.2 Å². The first-order chi connectivity index (χ1) is 11.8. The highest BCUT2D eigenvalue weighted by atomic mass is 32.2. The lowest BCUT2D eigenvalue weighted by atomic mass is 9.89. The number of benzene rings is 1. The summed E-state index contributed by atoms with van der Waals surface area (Å²) in [4.78, 5) is 2.56. The third kappa shape index (κ3) is 3.58. The highest BCUT2D eigenvalue weighted by Gasteiger charge is 2.38. The van der Waals surface area contributed by atoms with E-state index in [1.165, 1.54) is 55.5 Å². The van der Waals surface area contributed by atoms with Crippen molar-refractivity contribution >= 4 is 23.5 Å². The van der Waals surface area contributed by atoms with Crippen molar-refractivity contribution in [3.63, 3.8) is 0 Å². The van der Waals surface area contributed by atoms with Gasteiger partial charge in [-0.15, -0.1) is 0 Å². The summed E-state index contributed by atoms with van der Waals surface area (Å²) in [5.74, 6) is 2.57. The van der Waals surface area contributed by atoms with Gasteiger partial charge in [0.2, 0.25) is 0 Å². The Hall–Kier alpha value is -1.18. The van der Waals surface area contributed by atoms with Crippen molar-refractivity contribution in [1.29, 1.82) is 0 Å². The second-order valence-corrected chi connectivity index (χ2v) is 7.99. The number of rotatable bonds is 6. The van der Waals surface area contributed by atoms with E-state index in [4.69, 9.17) is 4.74 Å². The van der Waals surface area contributed by atoms with E-state index in [0.29, 0.717) is 18.3 Å². The van der Waals surface area contributed by atoms with Crippen LogP contribution in [0.4, 0.5) is 4.39 Å². The number of fused-ring (bicyclic) bond motifs is 2. The van der Waals surface area contributed by atoms with Gasteiger partial charge in [-0.2, -0.15) is 8.75 Å². The van der Waals surface area contributed by atoms with E-state index >= 15 is 0 Å². The number of aromatic nitrogens is 2. The number of thioether (sulfide) groups is 1. The van der Waals surface area contributed by atoms with E-state index in [-0.39, 0.29) is 5.82 Å². The predicted molar refractivity (Wildman–Crippen MR) is 94.4 cm³/mol. The fourth-order valence-corrected chi connectivity index (χ4v) is 5.26. The van der Waals surface area contributed by atoms with Gasteiger partial charge in [-0.05, 0) is 49.6 Å². The van der Waals surface area contributed by atoms with Gasteiger partial charge in [-0.3, -0.25) is 0 Å². The average molecular weight is 365 g/mol. The molecular weight excluding hydrogens is 345 g/mol. The maximum atomic E-state index is 12.9. The van der Waals surface area contributed by atoms with Crippen LogP contribution in [-0.4, -0.2) is 45.6 Å². The van der Waals surface area contributed by atoms with Gasteiger partial charge in [0, 0.05) is 24.8 Å². The molecule has 0 saturated carbocycles. The smallest absolute Gasteiger partial charge is 0.134 e. The lowest BCUT2D eigenvalue weighted by Gasteiger charge is -2.21. The Morgan fingerprint density at radius 2 is 2.12 bits per heavy atom. The third-order valence-electron chi connectivity index (χ3n) is 4.80. The summed E-state index contributed by atoms with van der Waals surface area (Å²) in [6.45, 7) is 4.17. The Bertz CT molecular complexity index is 679. The largest absolute Gasteiger partial charge is 0.493 e. The van der Waals surface area contributed by atoms with Crippen molar-refractivity contribution in [3.8, 4) is 5.75 Å². The highest BCUT2D eigenvalue weighted by Crippen LogP contribution is 2.41. The van der Waals surface area contributed by atoms with Crippen molar-refractivity contribution in [1.82, 2.24) is 13.6 Å². The second-order valence-electron chi connectivity index (χ2n) is 6.37. The maximum absolute atomic E-state index is 12.9. The van der Waals surface area contributed by atoms with Crippen molar-refractivity contribution in [2.45, 2.75) is 23.8 Å². The molecule has 24 heavy (non-hydrogen) atoms. The number of hydrogen-bond donors (Lipinski definition) is 0. The minimum Gasteiger partial charge on any atom is -0.493 e. The predicted octanol–water partition coefficient (Wildman–Crippen LogP) is 3.66. The Labute approximate surface area is 149 Å². The molecule has 4 nitrogen and oxygen atoms in total. The van der Waals surface area contributed by atoms with Gasteiger partial charge in [0.1, 0.15) is 16.6 Å². The molecular formula is C17H20FN3OS2. The first-order valence-corrected chi connectivity index (χ1v) is 10.1. The summed E-state index contributed by atoms with van der Waals surface area (Å²) < 4.78 is 27.6. The van der Waals surface area contributed by atoms with Crippen LogP contribution in [0.5, 0.6) is 5.75 Å². The Morgan fingerprint density at radius 1 is 1.25 bits per heavy atom. The van der Waals surface area contributed by atoms with Crippen molar-refractivity contribution in [2.75, 3.05) is 32.0 Å². The summed E-state index contributed by atoms with van der Waals surface area (Å²) in [7, 11) is 0. The van der Waals surface area contributed by atoms with E-state index in [2.05, 4.69) is 13.6 Å². The Balaban J connectivity index is 1.31. The molecule has 4 rings (SSSR count). The molecule has 1 aromatic heterocycles. The summed E-state index contributed by atoms with van der Waals surface area (Å²) >= 11 is 3.04. The van der Waals surface area contributed by atoms with Crippen molar-refractivity contribution in [3.05, 3.63) is 35.8 Å². The van der Waals surface area contributed by atoms with Gasteiger partial charge in [0.15, 0.2) is 0 Å². The first-order valence-electron chi connectivity index (χ1n) is 8.35. The molecule has 3 unspecified atom stereocenters. The summed E-state index contributed by atoms with van der Waals surface area (Å²) in [6, 6.07) is 6.14. The van der Waals surface area contributed by atoms with Crippen LogP contribution in [0.15, 0.2) is 29.3 Å². The van der Waals surface area contributed by atoms with Crippen LogP contribution in [0, 0.1) is 11.7 Å². The van der Waals surface area contributed by atoms with Crippen LogP contribution in [0.2, 0.25) is 0 Å². The van der Waals surface area contributed by atoms with Gasteiger partial charge in [0.05, 0.1) is 24.0 Å². The maximum Gasteiger partial charge on any atom is 0.134 e. The minimum atomic E-state index is -0.243. The Morgan fingerprint density at radius 3 is 2.96 bits per heavy atom. The molecule has 2 saturated heterocycles. The van der Waals surface area contributed by atoms with Crippen molar-refractivity contribution < 1.29 is 9.13 Å². The summed E-state index contributed by atoms with van der Waals surface area (Å²) in [5.41, 5.74) is 1.20. The van der Waals surface area contributed by atoms with Crippen LogP contribution >= 0.6 is 23.5 Å². The first kappa shape index (κ1) is 16.3. The zero-order valence-corrected chi connectivity index (χ0v) is 15.0. The summed E-state index contributed by atoms with van der Waals surface area (Å²) in [5, 5.41) is 1.07. The molecule has 0 N–H and O–H groups in total. The highest BCUT2D eigenvalue weighted by molar-refractivity contribution is 7.99. The molecule has 128 valence electrons. The molecule has 2 aliphatic rings. The lowest BCUT2D eigenvalue weighted by Crippen LogP contribution is -2.25. The molecule has 2 aliphatic heterocycles.